The largest absolute Gasteiger partial charge is 0.478 e. The fourth-order valence-electron chi connectivity index (χ4n) is 2.12. The van der Waals surface area contributed by atoms with Crippen LogP contribution in [-0.2, 0) is 4.79 Å². The Balaban J connectivity index is 2.44. The highest BCUT2D eigenvalue weighted by molar-refractivity contribution is 6.03. The Morgan fingerprint density at radius 2 is 1.95 bits per heavy atom. The quantitative estimate of drug-likeness (QED) is 0.794. The van der Waals surface area contributed by atoms with E-state index in [9.17, 15) is 19.5 Å². The van der Waals surface area contributed by atoms with E-state index in [0.29, 0.717) is 5.52 Å². The van der Waals surface area contributed by atoms with E-state index in [0.717, 1.165) is 5.39 Å². The van der Waals surface area contributed by atoms with Gasteiger partial charge in [0.15, 0.2) is 0 Å². The van der Waals surface area contributed by atoms with E-state index in [1.54, 1.807) is 31.3 Å². The van der Waals surface area contributed by atoms with E-state index < -0.39 is 23.9 Å². The third-order valence-corrected chi connectivity index (χ3v) is 3.23. The number of imide groups is 1. The lowest BCUT2D eigenvalue weighted by Crippen LogP contribution is -2.40. The molecule has 21 heavy (non-hydrogen) atoms. The number of nitrogens with one attached hydrogen (secondary N) is 2. The first-order valence-electron chi connectivity index (χ1n) is 6.31. The Hall–Kier alpha value is -2.83. The van der Waals surface area contributed by atoms with Gasteiger partial charge >= 0.3 is 12.0 Å². The monoisotopic (exact) mass is 289 g/mol. The molecule has 0 aliphatic heterocycles. The number of carbonyl (C=O) groups excluding carboxylic acids is 2. The van der Waals surface area contributed by atoms with Crippen molar-refractivity contribution < 1.29 is 19.5 Å². The minimum atomic E-state index is -1.07. The molecule has 2 aromatic rings. The SMILES string of the molecule is CNC(=O)NC(=O)C(C)n1ccc2cccc(C(=O)O)c21. The molecule has 0 aliphatic carbocycles. The Morgan fingerprint density at radius 1 is 1.24 bits per heavy atom. The van der Waals surface area contributed by atoms with Crippen molar-refractivity contribution in [2.45, 2.75) is 13.0 Å². The highest BCUT2D eigenvalue weighted by Crippen LogP contribution is 2.24. The van der Waals surface area contributed by atoms with Crippen LogP contribution in [0, 0.1) is 0 Å². The fraction of sp³-hybridized carbons (Fsp3) is 0.214. The van der Waals surface area contributed by atoms with Crippen molar-refractivity contribution in [1.29, 1.82) is 0 Å². The second-order valence-electron chi connectivity index (χ2n) is 4.52. The first-order chi connectivity index (χ1) is 9.95. The third-order valence-electron chi connectivity index (χ3n) is 3.23. The maximum atomic E-state index is 12.0. The summed E-state index contributed by atoms with van der Waals surface area (Å²) >= 11 is 0. The van der Waals surface area contributed by atoms with Crippen LogP contribution in [0.2, 0.25) is 0 Å². The number of carbonyl (C=O) groups is 3. The summed E-state index contributed by atoms with van der Waals surface area (Å²) in [4.78, 5) is 34.5. The number of carboxylic acid groups (broad SMARTS) is 1. The van der Waals surface area contributed by atoms with Gasteiger partial charge in [0.2, 0.25) is 0 Å². The minimum absolute atomic E-state index is 0.108. The van der Waals surface area contributed by atoms with Gasteiger partial charge in [-0.25, -0.2) is 9.59 Å². The highest BCUT2D eigenvalue weighted by Gasteiger charge is 2.21. The molecular formula is C14H15N3O4. The molecule has 0 radical (unpaired) electrons. The van der Waals surface area contributed by atoms with Crippen LogP contribution in [0.4, 0.5) is 4.79 Å². The van der Waals surface area contributed by atoms with E-state index in [1.807, 2.05) is 0 Å². The molecule has 1 aromatic heterocycles. The highest BCUT2D eigenvalue weighted by atomic mass is 16.4. The average molecular weight is 289 g/mol. The van der Waals surface area contributed by atoms with Crippen molar-refractivity contribution >= 4 is 28.8 Å². The number of carboxylic acids is 1. The molecule has 3 amide bonds. The van der Waals surface area contributed by atoms with E-state index in [1.165, 1.54) is 17.7 Å². The Labute approximate surface area is 120 Å². The summed E-state index contributed by atoms with van der Waals surface area (Å²) in [5.74, 6) is -1.59. The van der Waals surface area contributed by atoms with Crippen molar-refractivity contribution in [3.8, 4) is 0 Å². The zero-order chi connectivity index (χ0) is 15.6. The second kappa shape index (κ2) is 5.66. The van der Waals surface area contributed by atoms with Crippen LogP contribution < -0.4 is 10.6 Å². The molecule has 1 unspecified atom stereocenters. The van der Waals surface area contributed by atoms with Crippen LogP contribution in [0.15, 0.2) is 30.5 Å². The van der Waals surface area contributed by atoms with E-state index in [2.05, 4.69) is 10.6 Å². The summed E-state index contributed by atoms with van der Waals surface area (Å²) in [5, 5.41) is 14.4. The predicted octanol–water partition coefficient (Wildman–Crippen LogP) is 1.36. The molecule has 110 valence electrons. The number of rotatable bonds is 3. The average Bonchev–Trinajstić information content (AvgIpc) is 2.89. The Bertz CT molecular complexity index is 720. The van der Waals surface area contributed by atoms with Crippen molar-refractivity contribution in [1.82, 2.24) is 15.2 Å². The Kier molecular flexibility index (Phi) is 3.93. The lowest BCUT2D eigenvalue weighted by Gasteiger charge is -2.15. The second-order valence-corrected chi connectivity index (χ2v) is 4.52. The van der Waals surface area contributed by atoms with Gasteiger partial charge in [-0.3, -0.25) is 10.1 Å². The molecule has 7 heteroatoms. The zero-order valence-electron chi connectivity index (χ0n) is 11.6. The normalized spacial score (nSPS) is 11.9. The van der Waals surface area contributed by atoms with Gasteiger partial charge in [-0.1, -0.05) is 12.1 Å². The van der Waals surface area contributed by atoms with Gasteiger partial charge in [0.05, 0.1) is 11.1 Å². The summed E-state index contributed by atoms with van der Waals surface area (Å²) in [6.07, 6.45) is 1.63. The predicted molar refractivity (Wildman–Crippen MR) is 76.2 cm³/mol. The van der Waals surface area contributed by atoms with Gasteiger partial charge in [0.1, 0.15) is 6.04 Å². The first kappa shape index (κ1) is 14.6. The molecule has 1 heterocycles. The van der Waals surface area contributed by atoms with Crippen molar-refractivity contribution in [3.05, 3.63) is 36.0 Å². The lowest BCUT2D eigenvalue weighted by atomic mass is 10.1. The summed E-state index contributed by atoms with van der Waals surface area (Å²) in [5.41, 5.74) is 0.557. The smallest absolute Gasteiger partial charge is 0.337 e. The number of hydrogen-bond acceptors (Lipinski definition) is 3. The summed E-state index contributed by atoms with van der Waals surface area (Å²) in [7, 11) is 1.40. The number of benzene rings is 1. The third kappa shape index (κ3) is 2.71. The van der Waals surface area contributed by atoms with Crippen LogP contribution in [0.25, 0.3) is 10.9 Å². The number of hydrogen-bond donors (Lipinski definition) is 3. The molecule has 0 aliphatic rings. The molecule has 0 saturated heterocycles. The topological polar surface area (TPSA) is 100 Å². The molecule has 0 fully saturated rings. The van der Waals surface area contributed by atoms with Gasteiger partial charge in [-0.05, 0) is 19.1 Å². The number of fused-ring (bicyclic) bond motifs is 1. The number of aromatic carboxylic acids is 1. The van der Waals surface area contributed by atoms with Crippen molar-refractivity contribution in [2.75, 3.05) is 7.05 Å². The molecule has 0 saturated carbocycles. The van der Waals surface area contributed by atoms with Gasteiger partial charge in [-0.15, -0.1) is 0 Å². The van der Waals surface area contributed by atoms with Gasteiger partial charge in [0.25, 0.3) is 5.91 Å². The number of para-hydroxylation sites is 1. The van der Waals surface area contributed by atoms with Gasteiger partial charge in [-0.2, -0.15) is 0 Å². The van der Waals surface area contributed by atoms with Crippen molar-refractivity contribution in [2.24, 2.45) is 0 Å². The maximum Gasteiger partial charge on any atom is 0.337 e. The number of nitrogens with zero attached hydrogens (tertiary/aromatic N) is 1. The van der Waals surface area contributed by atoms with Crippen LogP contribution in [0.5, 0.6) is 0 Å². The van der Waals surface area contributed by atoms with Crippen LogP contribution >= 0.6 is 0 Å². The zero-order valence-corrected chi connectivity index (χ0v) is 11.6. The minimum Gasteiger partial charge on any atom is -0.478 e. The van der Waals surface area contributed by atoms with E-state index in [-0.39, 0.29) is 5.56 Å². The summed E-state index contributed by atoms with van der Waals surface area (Å²) in [6, 6.07) is 5.28. The summed E-state index contributed by atoms with van der Waals surface area (Å²) < 4.78 is 1.54. The molecule has 0 bridgehead atoms. The lowest BCUT2D eigenvalue weighted by molar-refractivity contribution is -0.122. The number of amides is 3. The molecule has 3 N–H and O–H groups in total. The van der Waals surface area contributed by atoms with E-state index >= 15 is 0 Å². The first-order valence-corrected chi connectivity index (χ1v) is 6.31. The van der Waals surface area contributed by atoms with E-state index in [4.69, 9.17) is 0 Å². The molecule has 2 rings (SSSR count). The fourth-order valence-corrected chi connectivity index (χ4v) is 2.12. The van der Waals surface area contributed by atoms with Gasteiger partial charge < -0.3 is 15.0 Å². The maximum absolute atomic E-state index is 12.0. The van der Waals surface area contributed by atoms with Crippen LogP contribution in [0.1, 0.15) is 23.3 Å². The molecule has 7 nitrogen and oxygen atoms in total. The summed E-state index contributed by atoms with van der Waals surface area (Å²) in [6.45, 7) is 1.59. The number of aromatic nitrogens is 1. The molecular weight excluding hydrogens is 274 g/mol. The van der Waals surface area contributed by atoms with Gasteiger partial charge in [0, 0.05) is 18.6 Å². The molecule has 0 spiro atoms. The van der Waals surface area contributed by atoms with Crippen LogP contribution in [-0.4, -0.2) is 34.6 Å². The van der Waals surface area contributed by atoms with Crippen LogP contribution in [0.3, 0.4) is 0 Å². The molecule has 1 atom stereocenters. The Morgan fingerprint density at radius 3 is 2.57 bits per heavy atom. The van der Waals surface area contributed by atoms with Crippen molar-refractivity contribution in [3.63, 3.8) is 0 Å². The molecule has 1 aromatic carbocycles. The number of urea groups is 1. The standard InChI is InChI=1S/C14H15N3O4/c1-8(12(18)16-14(21)15-2)17-7-6-9-4-3-5-10(11(9)17)13(19)20/h3-8H,1-2H3,(H,19,20)(H2,15,16,18,21).